The Morgan fingerprint density at radius 3 is 1.87 bits per heavy atom. The summed E-state index contributed by atoms with van der Waals surface area (Å²) in [6, 6.07) is 1.53. The molecular weight excluding hydrogens is 344 g/mol. The SMILES string of the molecule is FC(F)(F)c1cc(CC(=S)N2CCOCC2)cc(C(F)(F)F)c1. The van der Waals surface area contributed by atoms with Crippen LogP contribution in [0.3, 0.4) is 0 Å². The Labute approximate surface area is 134 Å². The maximum atomic E-state index is 12.8. The summed E-state index contributed by atoms with van der Waals surface area (Å²) < 4.78 is 81.9. The smallest absolute Gasteiger partial charge is 0.378 e. The number of hydrogen-bond acceptors (Lipinski definition) is 2. The molecule has 0 bridgehead atoms. The topological polar surface area (TPSA) is 12.5 Å². The molecule has 23 heavy (non-hydrogen) atoms. The van der Waals surface area contributed by atoms with Crippen LogP contribution in [0, 0.1) is 0 Å². The van der Waals surface area contributed by atoms with Crippen molar-refractivity contribution in [2.45, 2.75) is 18.8 Å². The van der Waals surface area contributed by atoms with Crippen molar-refractivity contribution in [1.29, 1.82) is 0 Å². The first-order valence-electron chi connectivity index (χ1n) is 6.71. The van der Waals surface area contributed by atoms with Crippen LogP contribution in [-0.2, 0) is 23.5 Å². The van der Waals surface area contributed by atoms with Gasteiger partial charge in [-0.25, -0.2) is 0 Å². The minimum Gasteiger partial charge on any atom is -0.378 e. The van der Waals surface area contributed by atoms with Crippen molar-refractivity contribution in [3.63, 3.8) is 0 Å². The van der Waals surface area contributed by atoms with Gasteiger partial charge in [-0.1, -0.05) is 12.2 Å². The molecule has 0 aliphatic carbocycles. The van der Waals surface area contributed by atoms with E-state index in [-0.39, 0.29) is 18.1 Å². The quantitative estimate of drug-likeness (QED) is 0.588. The van der Waals surface area contributed by atoms with Crippen molar-refractivity contribution >= 4 is 17.2 Å². The second kappa shape index (κ2) is 6.64. The van der Waals surface area contributed by atoms with Crippen LogP contribution in [0.25, 0.3) is 0 Å². The molecule has 9 heteroatoms. The molecular formula is C14H13F6NOS. The van der Waals surface area contributed by atoms with Crippen LogP contribution in [0.2, 0.25) is 0 Å². The number of benzene rings is 1. The van der Waals surface area contributed by atoms with Gasteiger partial charge in [-0.2, -0.15) is 26.3 Å². The lowest BCUT2D eigenvalue weighted by atomic mass is 10.0. The number of nitrogens with zero attached hydrogens (tertiary/aromatic N) is 1. The molecule has 0 N–H and O–H groups in total. The van der Waals surface area contributed by atoms with Crippen molar-refractivity contribution < 1.29 is 31.1 Å². The predicted octanol–water partition coefficient (Wildman–Crippen LogP) is 3.93. The van der Waals surface area contributed by atoms with E-state index in [2.05, 4.69) is 0 Å². The van der Waals surface area contributed by atoms with Gasteiger partial charge in [-0.15, -0.1) is 0 Å². The summed E-state index contributed by atoms with van der Waals surface area (Å²) in [5.41, 5.74) is -2.76. The third-order valence-corrected chi connectivity index (χ3v) is 3.77. The molecule has 1 fully saturated rings. The highest BCUT2D eigenvalue weighted by Crippen LogP contribution is 2.36. The van der Waals surface area contributed by atoms with Crippen molar-refractivity contribution in [2.75, 3.05) is 26.3 Å². The van der Waals surface area contributed by atoms with Crippen LogP contribution >= 0.6 is 12.2 Å². The number of morpholine rings is 1. The molecule has 2 rings (SSSR count). The summed E-state index contributed by atoms with van der Waals surface area (Å²) in [6.45, 7) is 1.81. The fraction of sp³-hybridized carbons (Fsp3) is 0.500. The number of rotatable bonds is 2. The summed E-state index contributed by atoms with van der Waals surface area (Å²) >= 11 is 5.14. The minimum absolute atomic E-state index is 0.108. The summed E-state index contributed by atoms with van der Waals surface area (Å²) in [7, 11) is 0. The fourth-order valence-corrected chi connectivity index (χ4v) is 2.57. The number of ether oxygens (including phenoxy) is 1. The van der Waals surface area contributed by atoms with Gasteiger partial charge >= 0.3 is 12.4 Å². The summed E-state index contributed by atoms with van der Waals surface area (Å²) in [5.74, 6) is 0. The van der Waals surface area contributed by atoms with Gasteiger partial charge in [0, 0.05) is 19.5 Å². The lowest BCUT2D eigenvalue weighted by molar-refractivity contribution is -0.143. The average molecular weight is 357 g/mol. The molecule has 2 nitrogen and oxygen atoms in total. The van der Waals surface area contributed by atoms with E-state index in [1.807, 2.05) is 0 Å². The molecule has 0 unspecified atom stereocenters. The molecule has 1 heterocycles. The van der Waals surface area contributed by atoms with Crippen LogP contribution in [0.5, 0.6) is 0 Å². The van der Waals surface area contributed by atoms with Gasteiger partial charge in [-0.05, 0) is 23.8 Å². The van der Waals surface area contributed by atoms with Gasteiger partial charge in [-0.3, -0.25) is 0 Å². The van der Waals surface area contributed by atoms with Crippen LogP contribution in [-0.4, -0.2) is 36.2 Å². The van der Waals surface area contributed by atoms with E-state index in [1.54, 1.807) is 4.90 Å². The first-order chi connectivity index (χ1) is 10.6. The van der Waals surface area contributed by atoms with E-state index >= 15 is 0 Å². The maximum Gasteiger partial charge on any atom is 0.416 e. The van der Waals surface area contributed by atoms with Crippen LogP contribution in [0.1, 0.15) is 16.7 Å². The normalized spacial score (nSPS) is 16.5. The van der Waals surface area contributed by atoms with Crippen molar-refractivity contribution in [1.82, 2.24) is 4.90 Å². The van der Waals surface area contributed by atoms with E-state index in [0.717, 1.165) is 0 Å². The summed E-state index contributed by atoms with van der Waals surface area (Å²) in [6.07, 6.45) is -9.85. The molecule has 0 radical (unpaired) electrons. The highest BCUT2D eigenvalue weighted by Gasteiger charge is 2.37. The van der Waals surface area contributed by atoms with Crippen LogP contribution in [0.15, 0.2) is 18.2 Å². The molecule has 1 aromatic carbocycles. The standard InChI is InChI=1S/C14H13F6NOS/c15-13(16,17)10-5-9(6-11(8-10)14(18,19)20)7-12(23)21-1-3-22-4-2-21/h5-6,8H,1-4,7H2. The molecule has 1 aliphatic rings. The Kier molecular flexibility index (Phi) is 5.20. The average Bonchev–Trinajstić information content (AvgIpc) is 2.46. The van der Waals surface area contributed by atoms with Gasteiger partial charge < -0.3 is 9.64 Å². The second-order valence-electron chi connectivity index (χ2n) is 5.08. The molecule has 0 amide bonds. The molecule has 0 spiro atoms. The zero-order valence-electron chi connectivity index (χ0n) is 11.8. The Hall–Kier alpha value is -1.35. The predicted molar refractivity (Wildman–Crippen MR) is 75.1 cm³/mol. The number of hydrogen-bond donors (Lipinski definition) is 0. The largest absolute Gasteiger partial charge is 0.416 e. The summed E-state index contributed by atoms with van der Waals surface area (Å²) in [5, 5.41) is 0. The van der Waals surface area contributed by atoms with Gasteiger partial charge in [0.2, 0.25) is 0 Å². The van der Waals surface area contributed by atoms with E-state index < -0.39 is 23.5 Å². The third-order valence-electron chi connectivity index (χ3n) is 3.37. The molecule has 0 saturated carbocycles. The molecule has 0 aromatic heterocycles. The molecule has 128 valence electrons. The van der Waals surface area contributed by atoms with Gasteiger partial charge in [0.1, 0.15) is 0 Å². The Morgan fingerprint density at radius 2 is 1.43 bits per heavy atom. The first-order valence-corrected chi connectivity index (χ1v) is 7.12. The molecule has 1 aromatic rings. The van der Waals surface area contributed by atoms with E-state index in [1.165, 1.54) is 0 Å². The monoisotopic (exact) mass is 357 g/mol. The van der Waals surface area contributed by atoms with E-state index in [9.17, 15) is 26.3 Å². The lowest BCUT2D eigenvalue weighted by Crippen LogP contribution is -2.40. The second-order valence-corrected chi connectivity index (χ2v) is 5.56. The van der Waals surface area contributed by atoms with Crippen molar-refractivity contribution in [2.24, 2.45) is 0 Å². The maximum absolute atomic E-state index is 12.8. The zero-order valence-corrected chi connectivity index (χ0v) is 12.6. The van der Waals surface area contributed by atoms with Crippen molar-refractivity contribution in [3.8, 4) is 0 Å². The Morgan fingerprint density at radius 1 is 0.957 bits per heavy atom. The van der Waals surface area contributed by atoms with Crippen LogP contribution < -0.4 is 0 Å². The number of alkyl halides is 6. The molecule has 1 saturated heterocycles. The number of halogens is 6. The zero-order chi connectivity index (χ0) is 17.3. The first kappa shape index (κ1) is 18.0. The molecule has 1 aliphatic heterocycles. The minimum atomic E-state index is -4.85. The number of thiocarbonyl (C=S) groups is 1. The summed E-state index contributed by atoms with van der Waals surface area (Å²) in [4.78, 5) is 2.03. The van der Waals surface area contributed by atoms with Crippen LogP contribution in [0.4, 0.5) is 26.3 Å². The Balaban J connectivity index is 2.28. The van der Waals surface area contributed by atoms with Gasteiger partial charge in [0.25, 0.3) is 0 Å². The van der Waals surface area contributed by atoms with Gasteiger partial charge in [0.05, 0.1) is 29.3 Å². The van der Waals surface area contributed by atoms with Gasteiger partial charge in [0.15, 0.2) is 0 Å². The van der Waals surface area contributed by atoms with E-state index in [4.69, 9.17) is 17.0 Å². The van der Waals surface area contributed by atoms with E-state index in [0.29, 0.717) is 43.4 Å². The lowest BCUT2D eigenvalue weighted by Gasteiger charge is -2.29. The highest BCUT2D eigenvalue weighted by molar-refractivity contribution is 7.80. The Bertz CT molecular complexity index is 545. The molecule has 0 atom stereocenters. The fourth-order valence-electron chi connectivity index (χ4n) is 2.22. The van der Waals surface area contributed by atoms with Crippen molar-refractivity contribution in [3.05, 3.63) is 34.9 Å². The highest BCUT2D eigenvalue weighted by atomic mass is 32.1. The third kappa shape index (κ3) is 4.81.